The predicted octanol–water partition coefficient (Wildman–Crippen LogP) is 4.37. The van der Waals surface area contributed by atoms with Gasteiger partial charge in [0.25, 0.3) is 5.91 Å². The van der Waals surface area contributed by atoms with Crippen LogP contribution < -0.4 is 5.73 Å². The Morgan fingerprint density at radius 2 is 2.12 bits per heavy atom. The van der Waals surface area contributed by atoms with Crippen LogP contribution in [0.25, 0.3) is 10.4 Å². The molecule has 0 spiro atoms. The number of hydrogen-bond acceptors (Lipinski definition) is 4. The Morgan fingerprint density at radius 3 is 2.81 bits per heavy atom. The smallest absolute Gasteiger partial charge is 0.274 e. The molecular weight excluding hydrogens is 366 g/mol. The van der Waals surface area contributed by atoms with Crippen LogP contribution in [0, 0.1) is 6.92 Å². The Bertz CT molecular complexity index is 787. The Morgan fingerprint density at radius 1 is 1.31 bits per heavy atom. The van der Waals surface area contributed by atoms with E-state index in [1.165, 1.54) is 18.4 Å². The fraction of sp³-hybridized carbons (Fsp3) is 0.500. The summed E-state index contributed by atoms with van der Waals surface area (Å²) >= 11 is 1.70. The summed E-state index contributed by atoms with van der Waals surface area (Å²) in [5.41, 5.74) is 8.88. The number of thiazole rings is 1. The third kappa shape index (κ3) is 3.80. The minimum absolute atomic E-state index is 0. The molecule has 0 unspecified atom stereocenters. The molecule has 4 nitrogen and oxygen atoms in total. The molecule has 4 rings (SSSR count). The minimum Gasteiger partial charge on any atom is -0.333 e. The van der Waals surface area contributed by atoms with Crippen molar-refractivity contribution in [2.45, 2.75) is 51.0 Å². The summed E-state index contributed by atoms with van der Waals surface area (Å²) in [7, 11) is 0. The molecule has 1 saturated heterocycles. The first-order chi connectivity index (χ1) is 12.2. The highest BCUT2D eigenvalue weighted by Crippen LogP contribution is 2.45. The van der Waals surface area contributed by atoms with E-state index >= 15 is 0 Å². The zero-order valence-corrected chi connectivity index (χ0v) is 16.7. The number of benzene rings is 1. The average Bonchev–Trinajstić information content (AvgIpc) is 3.39. The van der Waals surface area contributed by atoms with E-state index in [0.29, 0.717) is 18.2 Å². The van der Waals surface area contributed by atoms with Crippen molar-refractivity contribution < 1.29 is 4.79 Å². The van der Waals surface area contributed by atoms with Gasteiger partial charge in [0.15, 0.2) is 0 Å². The van der Waals surface area contributed by atoms with Gasteiger partial charge in [0, 0.05) is 25.0 Å². The molecule has 0 radical (unpaired) electrons. The summed E-state index contributed by atoms with van der Waals surface area (Å²) in [6, 6.07) is 8.53. The molecule has 1 aliphatic carbocycles. The van der Waals surface area contributed by atoms with Gasteiger partial charge in [0.1, 0.15) is 5.69 Å². The summed E-state index contributed by atoms with van der Waals surface area (Å²) in [6.07, 6.45) is 5.61. The van der Waals surface area contributed by atoms with Gasteiger partial charge < -0.3 is 10.6 Å². The van der Waals surface area contributed by atoms with Crippen molar-refractivity contribution in [1.29, 1.82) is 0 Å². The zero-order chi connectivity index (χ0) is 17.4. The van der Waals surface area contributed by atoms with E-state index in [1.54, 1.807) is 11.3 Å². The van der Waals surface area contributed by atoms with E-state index in [0.717, 1.165) is 41.3 Å². The molecule has 1 atom stereocenters. The average molecular weight is 392 g/mol. The summed E-state index contributed by atoms with van der Waals surface area (Å²) in [5.74, 6) is 0.622. The number of carbonyl (C=O) groups is 1. The first-order valence-electron chi connectivity index (χ1n) is 9.26. The number of hydrogen-bond donors (Lipinski definition) is 1. The SMILES string of the molecule is Cc1cccc(-c2sc(C3CC3)nc2C(=O)N2CCCC[C@H]2CN)c1.Cl. The normalized spacial score (nSPS) is 19.9. The molecule has 1 aromatic carbocycles. The van der Waals surface area contributed by atoms with Crippen LogP contribution in [0.2, 0.25) is 0 Å². The molecule has 0 bridgehead atoms. The van der Waals surface area contributed by atoms with Gasteiger partial charge in [-0.1, -0.05) is 29.8 Å². The van der Waals surface area contributed by atoms with Crippen molar-refractivity contribution in [3.63, 3.8) is 0 Å². The largest absolute Gasteiger partial charge is 0.333 e. The van der Waals surface area contributed by atoms with Crippen LogP contribution in [0.5, 0.6) is 0 Å². The number of aryl methyl sites for hydroxylation is 1. The summed E-state index contributed by atoms with van der Waals surface area (Å²) in [5, 5.41) is 1.13. The number of rotatable bonds is 4. The van der Waals surface area contributed by atoms with Crippen LogP contribution >= 0.6 is 23.7 Å². The molecule has 2 heterocycles. The molecule has 2 N–H and O–H groups in total. The molecule has 2 fully saturated rings. The maximum atomic E-state index is 13.3. The van der Waals surface area contributed by atoms with Crippen LogP contribution in [0.15, 0.2) is 24.3 Å². The standard InChI is InChI=1S/C20H25N3OS.ClH/c1-13-5-4-6-15(11-13)18-17(22-19(25-18)14-8-9-14)20(24)23-10-3-2-7-16(23)12-21;/h4-6,11,14,16H,2-3,7-10,12,21H2,1H3;1H/t16-;/m0./s1. The van der Waals surface area contributed by atoms with Crippen molar-refractivity contribution in [3.05, 3.63) is 40.5 Å². The maximum Gasteiger partial charge on any atom is 0.274 e. The van der Waals surface area contributed by atoms with E-state index in [1.807, 2.05) is 4.90 Å². The zero-order valence-electron chi connectivity index (χ0n) is 15.1. The number of likely N-dealkylation sites (tertiary alicyclic amines) is 1. The van der Waals surface area contributed by atoms with Gasteiger partial charge in [-0.3, -0.25) is 4.79 Å². The van der Waals surface area contributed by atoms with Crippen molar-refractivity contribution in [3.8, 4) is 10.4 Å². The fourth-order valence-electron chi connectivity index (χ4n) is 3.62. The Kier molecular flexibility index (Phi) is 6.00. The highest BCUT2D eigenvalue weighted by Gasteiger charge is 2.34. The minimum atomic E-state index is 0. The molecule has 1 aromatic heterocycles. The molecule has 2 aliphatic rings. The third-order valence-corrected chi connectivity index (χ3v) is 6.48. The Hall–Kier alpha value is -1.43. The van der Waals surface area contributed by atoms with E-state index in [-0.39, 0.29) is 24.4 Å². The lowest BCUT2D eigenvalue weighted by Crippen LogP contribution is -2.47. The second-order valence-corrected chi connectivity index (χ2v) is 8.29. The predicted molar refractivity (Wildman–Crippen MR) is 109 cm³/mol. The lowest BCUT2D eigenvalue weighted by atomic mass is 10.0. The number of aromatic nitrogens is 1. The van der Waals surface area contributed by atoms with Crippen molar-refractivity contribution in [2.24, 2.45) is 5.73 Å². The summed E-state index contributed by atoms with van der Waals surface area (Å²) in [6.45, 7) is 3.41. The molecule has 26 heavy (non-hydrogen) atoms. The number of carbonyl (C=O) groups excluding carboxylic acids is 1. The lowest BCUT2D eigenvalue weighted by Gasteiger charge is -2.34. The number of piperidine rings is 1. The van der Waals surface area contributed by atoms with E-state index in [9.17, 15) is 4.79 Å². The molecule has 1 saturated carbocycles. The maximum absolute atomic E-state index is 13.3. The quantitative estimate of drug-likeness (QED) is 0.841. The fourth-order valence-corrected chi connectivity index (χ4v) is 4.84. The molecule has 6 heteroatoms. The summed E-state index contributed by atoms with van der Waals surface area (Å²) < 4.78 is 0. The number of nitrogens with two attached hydrogens (primary N) is 1. The second kappa shape index (κ2) is 8.07. The highest BCUT2D eigenvalue weighted by atomic mass is 35.5. The van der Waals surface area contributed by atoms with Crippen molar-refractivity contribution in [1.82, 2.24) is 9.88 Å². The van der Waals surface area contributed by atoms with E-state index in [4.69, 9.17) is 10.7 Å². The molecule has 1 amide bonds. The van der Waals surface area contributed by atoms with Gasteiger partial charge in [0.2, 0.25) is 0 Å². The first kappa shape index (κ1) is 19.3. The van der Waals surface area contributed by atoms with Crippen molar-refractivity contribution >= 4 is 29.7 Å². The summed E-state index contributed by atoms with van der Waals surface area (Å²) in [4.78, 5) is 21.1. The molecule has 1 aliphatic heterocycles. The second-order valence-electron chi connectivity index (χ2n) is 7.26. The molecule has 140 valence electrons. The van der Waals surface area contributed by atoms with Crippen LogP contribution in [0.3, 0.4) is 0 Å². The van der Waals surface area contributed by atoms with Gasteiger partial charge in [0.05, 0.1) is 9.88 Å². The molecule has 2 aromatic rings. The van der Waals surface area contributed by atoms with Gasteiger partial charge in [-0.25, -0.2) is 4.98 Å². The van der Waals surface area contributed by atoms with Crippen LogP contribution in [-0.4, -0.2) is 34.9 Å². The number of halogens is 1. The molecular formula is C20H26ClN3OS. The van der Waals surface area contributed by atoms with Crippen LogP contribution in [0.4, 0.5) is 0 Å². The first-order valence-corrected chi connectivity index (χ1v) is 10.1. The third-order valence-electron chi connectivity index (χ3n) is 5.21. The van der Waals surface area contributed by atoms with Crippen LogP contribution in [-0.2, 0) is 0 Å². The Balaban J connectivity index is 0.00000196. The van der Waals surface area contributed by atoms with Gasteiger partial charge in [-0.2, -0.15) is 0 Å². The van der Waals surface area contributed by atoms with E-state index < -0.39 is 0 Å². The number of nitrogens with zero attached hydrogens (tertiary/aromatic N) is 2. The highest BCUT2D eigenvalue weighted by molar-refractivity contribution is 7.15. The van der Waals surface area contributed by atoms with Gasteiger partial charge in [-0.05, 0) is 44.6 Å². The monoisotopic (exact) mass is 391 g/mol. The van der Waals surface area contributed by atoms with Crippen LogP contribution in [0.1, 0.15) is 59.1 Å². The van der Waals surface area contributed by atoms with Crippen molar-refractivity contribution in [2.75, 3.05) is 13.1 Å². The topological polar surface area (TPSA) is 59.2 Å². The van der Waals surface area contributed by atoms with Gasteiger partial charge >= 0.3 is 0 Å². The Labute approximate surface area is 165 Å². The van der Waals surface area contributed by atoms with E-state index in [2.05, 4.69) is 31.2 Å². The van der Waals surface area contributed by atoms with Gasteiger partial charge in [-0.15, -0.1) is 23.7 Å². The number of amides is 1. The lowest BCUT2D eigenvalue weighted by molar-refractivity contribution is 0.0618.